The molecule has 0 spiro atoms. The number of hydrogen-bond donors (Lipinski definition) is 2. The summed E-state index contributed by atoms with van der Waals surface area (Å²) >= 11 is 0. The van der Waals surface area contributed by atoms with Gasteiger partial charge in [-0.25, -0.2) is 9.97 Å². The lowest BCUT2D eigenvalue weighted by Gasteiger charge is -2.14. The molecule has 21 heavy (non-hydrogen) atoms. The maximum atomic E-state index is 4.49. The van der Waals surface area contributed by atoms with E-state index in [1.807, 2.05) is 39.0 Å². The lowest BCUT2D eigenvalue weighted by Crippen LogP contribution is -2.11. The zero-order valence-electron chi connectivity index (χ0n) is 13.2. The highest BCUT2D eigenvalue weighted by Crippen LogP contribution is 2.20. The second kappa shape index (κ2) is 7.02. The van der Waals surface area contributed by atoms with Crippen molar-refractivity contribution in [3.63, 3.8) is 0 Å². The van der Waals surface area contributed by atoms with Crippen molar-refractivity contribution in [2.75, 3.05) is 17.2 Å². The molecule has 0 radical (unpaired) electrons. The van der Waals surface area contributed by atoms with Crippen molar-refractivity contribution >= 4 is 11.6 Å². The minimum atomic E-state index is 0.659. The third kappa shape index (κ3) is 4.15. The van der Waals surface area contributed by atoms with Gasteiger partial charge in [-0.1, -0.05) is 13.0 Å². The predicted molar refractivity (Wildman–Crippen MR) is 86.6 cm³/mol. The van der Waals surface area contributed by atoms with E-state index in [1.54, 1.807) is 0 Å². The van der Waals surface area contributed by atoms with Gasteiger partial charge in [-0.15, -0.1) is 0 Å². The van der Waals surface area contributed by atoms with Crippen LogP contribution in [0.2, 0.25) is 0 Å². The maximum Gasteiger partial charge on any atom is 0.135 e. The Morgan fingerprint density at radius 3 is 2.33 bits per heavy atom. The third-order valence-corrected chi connectivity index (χ3v) is 3.18. The summed E-state index contributed by atoms with van der Waals surface area (Å²) in [5.41, 5.74) is 3.07. The molecule has 0 aliphatic heterocycles. The van der Waals surface area contributed by atoms with Gasteiger partial charge < -0.3 is 10.6 Å². The van der Waals surface area contributed by atoms with Gasteiger partial charge in [0.05, 0.1) is 12.2 Å². The van der Waals surface area contributed by atoms with Crippen LogP contribution >= 0.6 is 0 Å². The number of aromatic nitrogens is 3. The smallest absolute Gasteiger partial charge is 0.135 e. The molecular formula is C16H23N5. The van der Waals surface area contributed by atoms with E-state index in [-0.39, 0.29) is 0 Å². The molecule has 112 valence electrons. The third-order valence-electron chi connectivity index (χ3n) is 3.18. The standard InChI is InChI=1S/C16H23N5/c1-5-9-17-15-12(3)16(21-13(4)20-15)18-10-14-8-6-7-11(2)19-14/h6-8H,5,9-10H2,1-4H3,(H2,17,18,20,21). The summed E-state index contributed by atoms with van der Waals surface area (Å²) in [5.74, 6) is 2.53. The number of anilines is 2. The molecule has 0 aliphatic rings. The Bertz CT molecular complexity index is 610. The Labute approximate surface area is 126 Å². The van der Waals surface area contributed by atoms with Crippen LogP contribution in [0.25, 0.3) is 0 Å². The molecule has 2 aromatic heterocycles. The van der Waals surface area contributed by atoms with E-state index in [1.165, 1.54) is 0 Å². The van der Waals surface area contributed by atoms with Crippen molar-refractivity contribution < 1.29 is 0 Å². The van der Waals surface area contributed by atoms with Gasteiger partial charge in [0.1, 0.15) is 17.5 Å². The van der Waals surface area contributed by atoms with E-state index in [9.17, 15) is 0 Å². The number of hydrogen-bond acceptors (Lipinski definition) is 5. The summed E-state index contributed by atoms with van der Waals surface area (Å²) in [6.07, 6.45) is 1.07. The number of rotatable bonds is 6. The van der Waals surface area contributed by atoms with Crippen LogP contribution < -0.4 is 10.6 Å². The molecule has 2 N–H and O–H groups in total. The molecular weight excluding hydrogens is 262 g/mol. The molecule has 2 heterocycles. The SMILES string of the molecule is CCCNc1nc(C)nc(NCc2cccc(C)n2)c1C. The van der Waals surface area contributed by atoms with Gasteiger partial charge in [-0.3, -0.25) is 4.98 Å². The van der Waals surface area contributed by atoms with Crippen molar-refractivity contribution in [3.8, 4) is 0 Å². The first-order valence-corrected chi connectivity index (χ1v) is 7.35. The summed E-state index contributed by atoms with van der Waals surface area (Å²) in [4.78, 5) is 13.4. The largest absolute Gasteiger partial charge is 0.370 e. The fourth-order valence-electron chi connectivity index (χ4n) is 2.09. The Morgan fingerprint density at radius 2 is 1.67 bits per heavy atom. The van der Waals surface area contributed by atoms with Gasteiger partial charge in [0.25, 0.3) is 0 Å². The monoisotopic (exact) mass is 285 g/mol. The second-order valence-corrected chi connectivity index (χ2v) is 5.14. The molecule has 0 unspecified atom stereocenters. The lowest BCUT2D eigenvalue weighted by molar-refractivity contribution is 0.936. The molecule has 0 atom stereocenters. The zero-order chi connectivity index (χ0) is 15.2. The molecule has 0 saturated carbocycles. The van der Waals surface area contributed by atoms with E-state index >= 15 is 0 Å². The number of nitrogens with zero attached hydrogens (tertiary/aromatic N) is 3. The quantitative estimate of drug-likeness (QED) is 0.853. The van der Waals surface area contributed by atoms with Crippen molar-refractivity contribution in [3.05, 3.63) is 41.0 Å². The van der Waals surface area contributed by atoms with Crippen LogP contribution in [0.4, 0.5) is 11.6 Å². The molecule has 0 aromatic carbocycles. The van der Waals surface area contributed by atoms with Gasteiger partial charge in [-0.2, -0.15) is 0 Å². The van der Waals surface area contributed by atoms with Crippen LogP contribution in [0.1, 0.15) is 36.1 Å². The van der Waals surface area contributed by atoms with Crippen LogP contribution in [0.5, 0.6) is 0 Å². The molecule has 2 aromatic rings. The van der Waals surface area contributed by atoms with E-state index in [0.717, 1.165) is 47.4 Å². The number of nitrogens with one attached hydrogen (secondary N) is 2. The van der Waals surface area contributed by atoms with Crippen molar-refractivity contribution in [2.24, 2.45) is 0 Å². The molecule has 5 nitrogen and oxygen atoms in total. The van der Waals surface area contributed by atoms with E-state index in [0.29, 0.717) is 6.54 Å². The highest BCUT2D eigenvalue weighted by Gasteiger charge is 2.08. The molecule has 5 heteroatoms. The van der Waals surface area contributed by atoms with Crippen molar-refractivity contribution in [2.45, 2.75) is 40.7 Å². The van der Waals surface area contributed by atoms with Crippen LogP contribution in [0.3, 0.4) is 0 Å². The predicted octanol–water partition coefficient (Wildman–Crippen LogP) is 3.23. The Hall–Kier alpha value is -2.17. The highest BCUT2D eigenvalue weighted by molar-refractivity contribution is 5.57. The molecule has 0 aliphatic carbocycles. The fourth-order valence-corrected chi connectivity index (χ4v) is 2.09. The Balaban J connectivity index is 2.14. The first-order chi connectivity index (χ1) is 10.1. The summed E-state index contributed by atoms with van der Waals surface area (Å²) < 4.78 is 0. The minimum absolute atomic E-state index is 0.659. The molecule has 0 fully saturated rings. The fraction of sp³-hybridized carbons (Fsp3) is 0.438. The number of pyridine rings is 1. The summed E-state index contributed by atoms with van der Waals surface area (Å²) in [7, 11) is 0. The summed E-state index contributed by atoms with van der Waals surface area (Å²) in [6.45, 7) is 9.65. The number of aryl methyl sites for hydroxylation is 2. The van der Waals surface area contributed by atoms with E-state index in [2.05, 4.69) is 32.5 Å². The normalized spacial score (nSPS) is 10.5. The molecule has 0 saturated heterocycles. The second-order valence-electron chi connectivity index (χ2n) is 5.14. The Kier molecular flexibility index (Phi) is 5.09. The van der Waals surface area contributed by atoms with Crippen LogP contribution in [-0.2, 0) is 6.54 Å². The molecule has 0 bridgehead atoms. The first kappa shape index (κ1) is 15.2. The van der Waals surface area contributed by atoms with Crippen LogP contribution in [0.15, 0.2) is 18.2 Å². The minimum Gasteiger partial charge on any atom is -0.370 e. The Morgan fingerprint density at radius 1 is 0.952 bits per heavy atom. The highest BCUT2D eigenvalue weighted by atomic mass is 15.1. The van der Waals surface area contributed by atoms with Crippen molar-refractivity contribution in [1.82, 2.24) is 15.0 Å². The van der Waals surface area contributed by atoms with Gasteiger partial charge in [0.2, 0.25) is 0 Å². The summed E-state index contributed by atoms with van der Waals surface area (Å²) in [6, 6.07) is 6.03. The van der Waals surface area contributed by atoms with Gasteiger partial charge in [0.15, 0.2) is 0 Å². The lowest BCUT2D eigenvalue weighted by atomic mass is 10.2. The molecule has 2 rings (SSSR count). The average molecular weight is 285 g/mol. The van der Waals surface area contributed by atoms with E-state index in [4.69, 9.17) is 0 Å². The van der Waals surface area contributed by atoms with Gasteiger partial charge >= 0.3 is 0 Å². The van der Waals surface area contributed by atoms with Crippen LogP contribution in [-0.4, -0.2) is 21.5 Å². The van der Waals surface area contributed by atoms with Crippen molar-refractivity contribution in [1.29, 1.82) is 0 Å². The summed E-state index contributed by atoms with van der Waals surface area (Å²) in [5, 5.41) is 6.70. The van der Waals surface area contributed by atoms with E-state index < -0.39 is 0 Å². The first-order valence-electron chi connectivity index (χ1n) is 7.35. The van der Waals surface area contributed by atoms with Gasteiger partial charge in [0, 0.05) is 17.8 Å². The van der Waals surface area contributed by atoms with Crippen LogP contribution in [0, 0.1) is 20.8 Å². The topological polar surface area (TPSA) is 62.7 Å². The average Bonchev–Trinajstić information content (AvgIpc) is 2.46. The zero-order valence-corrected chi connectivity index (χ0v) is 13.2. The molecule has 0 amide bonds. The maximum absolute atomic E-state index is 4.49. The van der Waals surface area contributed by atoms with Gasteiger partial charge in [-0.05, 0) is 39.3 Å².